The molecule has 0 spiro atoms. The predicted molar refractivity (Wildman–Crippen MR) is 74.0 cm³/mol. The molecule has 0 aliphatic heterocycles. The molecule has 0 saturated heterocycles. The lowest BCUT2D eigenvalue weighted by Crippen LogP contribution is -2.09. The van der Waals surface area contributed by atoms with E-state index >= 15 is 0 Å². The molecule has 0 aliphatic rings. The number of hydrogen-bond donors (Lipinski definition) is 0. The van der Waals surface area contributed by atoms with Crippen molar-refractivity contribution < 1.29 is 13.6 Å². The van der Waals surface area contributed by atoms with Crippen molar-refractivity contribution in [3.8, 4) is 0 Å². The Balaban J connectivity index is 1.77. The Morgan fingerprint density at radius 3 is 2.76 bits per heavy atom. The fourth-order valence-corrected chi connectivity index (χ4v) is 2.29. The second-order valence-electron chi connectivity index (χ2n) is 4.81. The Bertz CT molecular complexity index is 811. The van der Waals surface area contributed by atoms with Gasteiger partial charge in [-0.3, -0.25) is 4.79 Å². The van der Waals surface area contributed by atoms with Crippen LogP contribution >= 0.6 is 0 Å². The third kappa shape index (κ3) is 2.81. The minimum absolute atomic E-state index is 0.0674. The molecule has 3 nitrogen and oxygen atoms in total. The van der Waals surface area contributed by atoms with Crippen molar-refractivity contribution in [1.82, 2.24) is 9.38 Å². The summed E-state index contributed by atoms with van der Waals surface area (Å²) in [6.07, 6.45) is 3.74. The highest BCUT2D eigenvalue weighted by Crippen LogP contribution is 2.12. The number of benzene rings is 1. The molecule has 3 rings (SSSR count). The van der Waals surface area contributed by atoms with E-state index in [0.717, 1.165) is 23.5 Å². The predicted octanol–water partition coefficient (Wildman–Crippen LogP) is 2.97. The molecule has 0 atom stereocenters. The average Bonchev–Trinajstić information content (AvgIpc) is 2.92. The Morgan fingerprint density at radius 2 is 1.95 bits per heavy atom. The van der Waals surface area contributed by atoms with Crippen LogP contribution in [0.15, 0.2) is 48.8 Å². The number of carbonyl (C=O) groups excluding carboxylic acids is 1. The van der Waals surface area contributed by atoms with Gasteiger partial charge in [-0.25, -0.2) is 13.8 Å². The Labute approximate surface area is 119 Å². The minimum atomic E-state index is -0.933. The molecule has 3 aromatic rings. The maximum absolute atomic E-state index is 13.1. The first-order valence-corrected chi connectivity index (χ1v) is 6.50. The van der Waals surface area contributed by atoms with Crippen molar-refractivity contribution in [2.45, 2.75) is 12.8 Å². The van der Waals surface area contributed by atoms with Crippen LogP contribution in [0.1, 0.15) is 11.3 Å². The number of ketones is 1. The highest BCUT2D eigenvalue weighted by atomic mass is 19.2. The van der Waals surface area contributed by atoms with Gasteiger partial charge < -0.3 is 4.40 Å². The monoisotopic (exact) mass is 286 g/mol. The number of aromatic nitrogens is 2. The van der Waals surface area contributed by atoms with Gasteiger partial charge in [0.05, 0.1) is 0 Å². The van der Waals surface area contributed by atoms with Gasteiger partial charge in [0.2, 0.25) is 0 Å². The van der Waals surface area contributed by atoms with Gasteiger partial charge in [-0.15, -0.1) is 0 Å². The Hall–Kier alpha value is -2.56. The first-order valence-electron chi connectivity index (χ1n) is 6.50. The van der Waals surface area contributed by atoms with E-state index in [-0.39, 0.29) is 18.6 Å². The number of hydrogen-bond acceptors (Lipinski definition) is 2. The summed E-state index contributed by atoms with van der Waals surface area (Å²) in [6, 6.07) is 9.05. The van der Waals surface area contributed by atoms with E-state index in [9.17, 15) is 13.6 Å². The molecule has 0 amide bonds. The topological polar surface area (TPSA) is 34.4 Å². The van der Waals surface area contributed by atoms with Crippen molar-refractivity contribution >= 4 is 11.4 Å². The number of Topliss-reactive ketones (excluding diaryl/α,β-unsaturated/α-hetero) is 1. The molecule has 0 bridgehead atoms. The normalized spacial score (nSPS) is 11.0. The van der Waals surface area contributed by atoms with E-state index in [1.54, 1.807) is 12.4 Å². The standard InChI is InChI=1S/C16H12F2N2O/c17-14-5-4-11(9-15(14)18)8-13(21)10-12-2-1-3-16-19-6-7-20(12)16/h1-7,9H,8,10H2. The summed E-state index contributed by atoms with van der Waals surface area (Å²) in [5.41, 5.74) is 2.06. The van der Waals surface area contributed by atoms with Crippen LogP contribution in [-0.2, 0) is 17.6 Å². The third-order valence-corrected chi connectivity index (χ3v) is 3.28. The first-order chi connectivity index (χ1) is 10.1. The van der Waals surface area contributed by atoms with Gasteiger partial charge in [0.15, 0.2) is 11.6 Å². The van der Waals surface area contributed by atoms with Crippen molar-refractivity contribution in [2.75, 3.05) is 0 Å². The lowest BCUT2D eigenvalue weighted by Gasteiger charge is -2.05. The van der Waals surface area contributed by atoms with E-state index in [1.165, 1.54) is 6.07 Å². The molecule has 2 aromatic heterocycles. The van der Waals surface area contributed by atoms with Crippen LogP contribution in [0.4, 0.5) is 8.78 Å². The van der Waals surface area contributed by atoms with E-state index < -0.39 is 11.6 Å². The molecule has 0 fully saturated rings. The summed E-state index contributed by atoms with van der Waals surface area (Å²) in [5, 5.41) is 0. The molecule has 21 heavy (non-hydrogen) atoms. The molecule has 0 aliphatic carbocycles. The smallest absolute Gasteiger partial charge is 0.159 e. The fourth-order valence-electron chi connectivity index (χ4n) is 2.29. The minimum Gasteiger partial charge on any atom is -0.304 e. The first kappa shape index (κ1) is 13.4. The van der Waals surface area contributed by atoms with Crippen LogP contribution in [0, 0.1) is 11.6 Å². The molecule has 0 N–H and O–H groups in total. The Kier molecular flexibility index (Phi) is 3.48. The van der Waals surface area contributed by atoms with Crippen LogP contribution in [0.3, 0.4) is 0 Å². The molecule has 1 aromatic carbocycles. The van der Waals surface area contributed by atoms with Crippen molar-refractivity contribution in [1.29, 1.82) is 0 Å². The van der Waals surface area contributed by atoms with Gasteiger partial charge in [0.25, 0.3) is 0 Å². The molecular formula is C16H12F2N2O. The highest BCUT2D eigenvalue weighted by molar-refractivity contribution is 5.82. The molecule has 0 radical (unpaired) electrons. The number of imidazole rings is 1. The molecule has 2 heterocycles. The number of halogens is 2. The van der Waals surface area contributed by atoms with Crippen LogP contribution in [0.5, 0.6) is 0 Å². The second kappa shape index (κ2) is 5.44. The number of nitrogens with zero attached hydrogens (tertiary/aromatic N) is 2. The van der Waals surface area contributed by atoms with Crippen LogP contribution in [0.2, 0.25) is 0 Å². The van der Waals surface area contributed by atoms with E-state index in [1.807, 2.05) is 22.6 Å². The summed E-state index contributed by atoms with van der Waals surface area (Å²) >= 11 is 0. The van der Waals surface area contributed by atoms with Gasteiger partial charge >= 0.3 is 0 Å². The summed E-state index contributed by atoms with van der Waals surface area (Å²) in [7, 11) is 0. The zero-order valence-corrected chi connectivity index (χ0v) is 11.1. The highest BCUT2D eigenvalue weighted by Gasteiger charge is 2.10. The van der Waals surface area contributed by atoms with Gasteiger partial charge in [-0.1, -0.05) is 12.1 Å². The van der Waals surface area contributed by atoms with E-state index in [4.69, 9.17) is 0 Å². The zero-order chi connectivity index (χ0) is 14.8. The fraction of sp³-hybridized carbons (Fsp3) is 0.125. The summed E-state index contributed by atoms with van der Waals surface area (Å²) in [5.74, 6) is -1.91. The largest absolute Gasteiger partial charge is 0.304 e. The van der Waals surface area contributed by atoms with Crippen molar-refractivity contribution in [3.63, 3.8) is 0 Å². The quantitative estimate of drug-likeness (QED) is 0.739. The van der Waals surface area contributed by atoms with Gasteiger partial charge in [-0.05, 0) is 29.8 Å². The van der Waals surface area contributed by atoms with Gasteiger partial charge in [0, 0.05) is 30.9 Å². The van der Waals surface area contributed by atoms with Crippen molar-refractivity contribution in [2.24, 2.45) is 0 Å². The average molecular weight is 286 g/mol. The molecular weight excluding hydrogens is 274 g/mol. The molecule has 5 heteroatoms. The van der Waals surface area contributed by atoms with Crippen LogP contribution < -0.4 is 0 Å². The number of fused-ring (bicyclic) bond motifs is 1. The lowest BCUT2D eigenvalue weighted by atomic mass is 10.1. The number of carbonyl (C=O) groups is 1. The summed E-state index contributed by atoms with van der Waals surface area (Å²) in [4.78, 5) is 16.2. The second-order valence-corrected chi connectivity index (χ2v) is 4.81. The van der Waals surface area contributed by atoms with E-state index in [0.29, 0.717) is 5.56 Å². The lowest BCUT2D eigenvalue weighted by molar-refractivity contribution is -0.117. The molecule has 0 unspecified atom stereocenters. The van der Waals surface area contributed by atoms with E-state index in [2.05, 4.69) is 4.98 Å². The maximum atomic E-state index is 13.1. The van der Waals surface area contributed by atoms with Gasteiger partial charge in [0.1, 0.15) is 11.4 Å². The molecule has 0 saturated carbocycles. The van der Waals surface area contributed by atoms with Crippen LogP contribution in [-0.4, -0.2) is 15.2 Å². The molecule has 106 valence electrons. The zero-order valence-electron chi connectivity index (χ0n) is 11.1. The summed E-state index contributed by atoms with van der Waals surface area (Å²) < 4.78 is 27.8. The van der Waals surface area contributed by atoms with Gasteiger partial charge in [-0.2, -0.15) is 0 Å². The van der Waals surface area contributed by atoms with Crippen LogP contribution in [0.25, 0.3) is 5.65 Å². The number of rotatable bonds is 4. The SMILES string of the molecule is O=C(Cc1ccc(F)c(F)c1)Cc1cccc2nccn12. The van der Waals surface area contributed by atoms with Crippen molar-refractivity contribution in [3.05, 3.63) is 71.7 Å². The third-order valence-electron chi connectivity index (χ3n) is 3.28. The number of pyridine rings is 1. The Morgan fingerprint density at radius 1 is 1.10 bits per heavy atom. The summed E-state index contributed by atoms with van der Waals surface area (Å²) in [6.45, 7) is 0. The maximum Gasteiger partial charge on any atom is 0.159 e.